The molecule has 0 aromatic carbocycles. The molecular weight excluding hydrogens is 226 g/mol. The Labute approximate surface area is 108 Å². The highest BCUT2D eigenvalue weighted by Crippen LogP contribution is 2.32. The first-order valence-corrected chi connectivity index (χ1v) is 6.32. The molecule has 1 aliphatic rings. The molecule has 1 fully saturated rings. The van der Waals surface area contributed by atoms with E-state index in [1.807, 2.05) is 20.0 Å². The summed E-state index contributed by atoms with van der Waals surface area (Å²) in [6, 6.07) is 0. The number of piperidine rings is 1. The van der Waals surface area contributed by atoms with Crippen molar-refractivity contribution >= 4 is 11.7 Å². The highest BCUT2D eigenvalue weighted by molar-refractivity contribution is 5.83. The molecule has 0 saturated carbocycles. The standard InChI is InChI=1S/C13H21N5/c1-9-10(2)17-11(8-16-9)18-6-4-13(3,5-7-18)12(14)15/h8H,4-7H2,1-3H3,(H3,14,15). The molecule has 1 aliphatic heterocycles. The molecule has 0 spiro atoms. The summed E-state index contributed by atoms with van der Waals surface area (Å²) in [7, 11) is 0. The maximum atomic E-state index is 7.65. The molecule has 0 unspecified atom stereocenters. The number of rotatable bonds is 2. The van der Waals surface area contributed by atoms with Gasteiger partial charge in [-0.1, -0.05) is 6.92 Å². The zero-order chi connectivity index (χ0) is 13.3. The summed E-state index contributed by atoms with van der Waals surface area (Å²) < 4.78 is 0. The molecule has 0 amide bonds. The summed E-state index contributed by atoms with van der Waals surface area (Å²) in [5, 5.41) is 7.65. The van der Waals surface area contributed by atoms with E-state index in [0.717, 1.165) is 43.1 Å². The summed E-state index contributed by atoms with van der Waals surface area (Å²) >= 11 is 0. The number of nitrogens with one attached hydrogen (secondary N) is 1. The molecule has 1 aromatic heterocycles. The predicted molar refractivity (Wildman–Crippen MR) is 73.0 cm³/mol. The van der Waals surface area contributed by atoms with Crippen LogP contribution in [-0.4, -0.2) is 28.9 Å². The third kappa shape index (κ3) is 2.30. The molecule has 1 aromatic rings. The van der Waals surface area contributed by atoms with E-state index in [1.54, 1.807) is 0 Å². The molecular formula is C13H21N5. The Morgan fingerprint density at radius 3 is 2.44 bits per heavy atom. The molecule has 98 valence electrons. The zero-order valence-corrected chi connectivity index (χ0v) is 11.3. The molecule has 2 rings (SSSR count). The molecule has 0 bridgehead atoms. The number of hydrogen-bond donors (Lipinski definition) is 2. The van der Waals surface area contributed by atoms with E-state index in [-0.39, 0.29) is 5.41 Å². The van der Waals surface area contributed by atoms with Crippen LogP contribution in [0.1, 0.15) is 31.2 Å². The van der Waals surface area contributed by atoms with Gasteiger partial charge < -0.3 is 10.6 Å². The lowest BCUT2D eigenvalue weighted by Gasteiger charge is -2.39. The molecule has 3 N–H and O–H groups in total. The topological polar surface area (TPSA) is 78.9 Å². The highest BCUT2D eigenvalue weighted by atomic mass is 15.2. The fraction of sp³-hybridized carbons (Fsp3) is 0.615. The Hall–Kier alpha value is -1.65. The Bertz CT molecular complexity index is 460. The van der Waals surface area contributed by atoms with Crippen molar-refractivity contribution in [3.63, 3.8) is 0 Å². The predicted octanol–water partition coefficient (Wildman–Crippen LogP) is 1.64. The maximum Gasteiger partial charge on any atom is 0.147 e. The van der Waals surface area contributed by atoms with Crippen molar-refractivity contribution in [2.45, 2.75) is 33.6 Å². The van der Waals surface area contributed by atoms with Gasteiger partial charge in [-0.25, -0.2) is 4.98 Å². The van der Waals surface area contributed by atoms with Crippen LogP contribution in [0, 0.1) is 24.7 Å². The Kier molecular flexibility index (Phi) is 3.24. The minimum Gasteiger partial charge on any atom is -0.387 e. The molecule has 0 aliphatic carbocycles. The number of aryl methyl sites for hydroxylation is 2. The third-order valence-electron chi connectivity index (χ3n) is 4.02. The van der Waals surface area contributed by atoms with Gasteiger partial charge in [-0.05, 0) is 26.7 Å². The van der Waals surface area contributed by atoms with Gasteiger partial charge >= 0.3 is 0 Å². The van der Waals surface area contributed by atoms with Gasteiger partial charge in [0.15, 0.2) is 0 Å². The first-order valence-electron chi connectivity index (χ1n) is 6.32. The molecule has 18 heavy (non-hydrogen) atoms. The normalized spacial score (nSPS) is 18.7. The lowest BCUT2D eigenvalue weighted by Crippen LogP contribution is -2.45. The van der Waals surface area contributed by atoms with Gasteiger partial charge in [0.25, 0.3) is 0 Å². The van der Waals surface area contributed by atoms with Gasteiger partial charge in [-0.3, -0.25) is 10.4 Å². The number of amidine groups is 1. The lowest BCUT2D eigenvalue weighted by molar-refractivity contribution is 0.349. The summed E-state index contributed by atoms with van der Waals surface area (Å²) in [6.07, 6.45) is 3.63. The first kappa shape index (κ1) is 12.8. The number of nitrogens with zero attached hydrogens (tertiary/aromatic N) is 3. The minimum absolute atomic E-state index is 0.149. The van der Waals surface area contributed by atoms with Crippen LogP contribution in [-0.2, 0) is 0 Å². The Balaban J connectivity index is 2.10. The minimum atomic E-state index is -0.149. The van der Waals surface area contributed by atoms with Crippen molar-refractivity contribution in [3.05, 3.63) is 17.6 Å². The number of anilines is 1. The van der Waals surface area contributed by atoms with Crippen molar-refractivity contribution in [2.75, 3.05) is 18.0 Å². The summed E-state index contributed by atoms with van der Waals surface area (Å²) in [6.45, 7) is 7.78. The van der Waals surface area contributed by atoms with Crippen molar-refractivity contribution in [1.82, 2.24) is 9.97 Å². The summed E-state index contributed by atoms with van der Waals surface area (Å²) in [5.41, 5.74) is 7.47. The quantitative estimate of drug-likeness (QED) is 0.615. The van der Waals surface area contributed by atoms with Crippen LogP contribution in [0.3, 0.4) is 0 Å². The Morgan fingerprint density at radius 1 is 1.33 bits per heavy atom. The van der Waals surface area contributed by atoms with E-state index in [4.69, 9.17) is 11.1 Å². The maximum absolute atomic E-state index is 7.65. The van der Waals surface area contributed by atoms with E-state index < -0.39 is 0 Å². The summed E-state index contributed by atoms with van der Waals surface area (Å²) in [5.74, 6) is 1.23. The summed E-state index contributed by atoms with van der Waals surface area (Å²) in [4.78, 5) is 11.1. The molecule has 0 radical (unpaired) electrons. The molecule has 1 saturated heterocycles. The smallest absolute Gasteiger partial charge is 0.147 e. The highest BCUT2D eigenvalue weighted by Gasteiger charge is 2.33. The zero-order valence-electron chi connectivity index (χ0n) is 11.3. The van der Waals surface area contributed by atoms with Crippen LogP contribution in [0.15, 0.2) is 6.20 Å². The van der Waals surface area contributed by atoms with E-state index in [2.05, 4.69) is 21.8 Å². The second kappa shape index (κ2) is 4.55. The van der Waals surface area contributed by atoms with Gasteiger partial charge in [0.05, 0.1) is 23.4 Å². The fourth-order valence-electron chi connectivity index (χ4n) is 2.18. The second-order valence-electron chi connectivity index (χ2n) is 5.36. The second-order valence-corrected chi connectivity index (χ2v) is 5.36. The van der Waals surface area contributed by atoms with Crippen molar-refractivity contribution in [1.29, 1.82) is 5.41 Å². The third-order valence-corrected chi connectivity index (χ3v) is 4.02. The molecule has 5 heteroatoms. The van der Waals surface area contributed by atoms with Crippen LogP contribution in [0.25, 0.3) is 0 Å². The van der Waals surface area contributed by atoms with Crippen LogP contribution < -0.4 is 10.6 Å². The monoisotopic (exact) mass is 247 g/mol. The van der Waals surface area contributed by atoms with Crippen molar-refractivity contribution in [2.24, 2.45) is 11.1 Å². The largest absolute Gasteiger partial charge is 0.387 e. The molecule has 2 heterocycles. The van der Waals surface area contributed by atoms with Gasteiger partial charge in [0, 0.05) is 18.5 Å². The average molecular weight is 247 g/mol. The van der Waals surface area contributed by atoms with Crippen molar-refractivity contribution in [3.8, 4) is 0 Å². The van der Waals surface area contributed by atoms with E-state index in [9.17, 15) is 0 Å². The van der Waals surface area contributed by atoms with E-state index >= 15 is 0 Å². The van der Waals surface area contributed by atoms with Crippen LogP contribution in [0.5, 0.6) is 0 Å². The SMILES string of the molecule is Cc1ncc(N2CCC(C)(C(=N)N)CC2)nc1C. The van der Waals surface area contributed by atoms with Crippen LogP contribution in [0.2, 0.25) is 0 Å². The number of aromatic nitrogens is 2. The van der Waals surface area contributed by atoms with Crippen LogP contribution in [0.4, 0.5) is 5.82 Å². The van der Waals surface area contributed by atoms with Gasteiger partial charge in [-0.15, -0.1) is 0 Å². The number of hydrogen-bond acceptors (Lipinski definition) is 4. The van der Waals surface area contributed by atoms with Gasteiger partial charge in [0.1, 0.15) is 5.82 Å². The van der Waals surface area contributed by atoms with E-state index in [0.29, 0.717) is 5.84 Å². The molecule has 5 nitrogen and oxygen atoms in total. The number of nitrogens with two attached hydrogens (primary N) is 1. The first-order chi connectivity index (χ1) is 8.42. The molecule has 0 atom stereocenters. The van der Waals surface area contributed by atoms with E-state index in [1.165, 1.54) is 0 Å². The Morgan fingerprint density at radius 2 is 1.94 bits per heavy atom. The lowest BCUT2D eigenvalue weighted by atomic mass is 9.79. The van der Waals surface area contributed by atoms with Crippen LogP contribution >= 0.6 is 0 Å². The average Bonchev–Trinajstić information content (AvgIpc) is 2.34. The van der Waals surface area contributed by atoms with Crippen molar-refractivity contribution < 1.29 is 0 Å². The fourth-order valence-corrected chi connectivity index (χ4v) is 2.18. The van der Waals surface area contributed by atoms with Gasteiger partial charge in [-0.2, -0.15) is 0 Å². The van der Waals surface area contributed by atoms with Gasteiger partial charge in [0.2, 0.25) is 0 Å².